The van der Waals surface area contributed by atoms with E-state index in [9.17, 15) is 4.79 Å². The Kier molecular flexibility index (Phi) is 7.57. The highest BCUT2D eigenvalue weighted by Gasteiger charge is 2.13. The van der Waals surface area contributed by atoms with Gasteiger partial charge in [-0.05, 0) is 60.9 Å². The van der Waals surface area contributed by atoms with Gasteiger partial charge in [-0.1, -0.05) is 30.3 Å². The SMILES string of the molecule is Nc1cc2ccc1-c1ccnc(n1)Nc1ccc(OCc3ccccc3)c(c1)COCCCCNC2=O. The van der Waals surface area contributed by atoms with Crippen molar-refractivity contribution in [2.75, 3.05) is 24.2 Å². The van der Waals surface area contributed by atoms with Crippen molar-refractivity contribution in [1.29, 1.82) is 0 Å². The van der Waals surface area contributed by atoms with Crippen LogP contribution in [0.15, 0.2) is 79.0 Å². The largest absolute Gasteiger partial charge is 0.489 e. The van der Waals surface area contributed by atoms with E-state index < -0.39 is 0 Å². The van der Waals surface area contributed by atoms with Gasteiger partial charge in [0.05, 0.1) is 12.3 Å². The standard InChI is InChI=1S/C29H29N5O3/c30-25-17-21-8-10-24(25)26-12-14-32-29(34-26)33-23-9-11-27(37-18-20-6-2-1-3-7-20)22(16-23)19-36-15-5-4-13-31-28(21)35/h1-3,6-12,14,16-17H,4-5,13,15,18-19,30H2,(H,31,35)(H,32,33,34). The number of anilines is 3. The predicted molar refractivity (Wildman–Crippen MR) is 144 cm³/mol. The van der Waals surface area contributed by atoms with Gasteiger partial charge in [-0.25, -0.2) is 9.97 Å². The molecule has 8 heteroatoms. The lowest BCUT2D eigenvalue weighted by Gasteiger charge is -2.15. The average molecular weight is 496 g/mol. The number of ether oxygens (including phenoxy) is 2. The van der Waals surface area contributed by atoms with Crippen LogP contribution in [0.5, 0.6) is 5.75 Å². The molecule has 6 rings (SSSR count). The maximum absolute atomic E-state index is 12.5. The van der Waals surface area contributed by atoms with Gasteiger partial charge in [-0.15, -0.1) is 0 Å². The van der Waals surface area contributed by atoms with E-state index in [2.05, 4.69) is 20.6 Å². The fraction of sp³-hybridized carbons (Fsp3) is 0.207. The second kappa shape index (κ2) is 11.5. The number of nitrogens with two attached hydrogens (primary N) is 1. The van der Waals surface area contributed by atoms with Crippen LogP contribution in [0.3, 0.4) is 0 Å². The molecule has 0 aliphatic carbocycles. The number of nitrogens with one attached hydrogen (secondary N) is 2. The molecule has 0 unspecified atom stereocenters. The summed E-state index contributed by atoms with van der Waals surface area (Å²) in [4.78, 5) is 21.6. The van der Waals surface area contributed by atoms with Crippen LogP contribution >= 0.6 is 0 Å². The number of fused-ring (bicyclic) bond motifs is 9. The lowest BCUT2D eigenvalue weighted by Crippen LogP contribution is -2.24. The number of aromatic nitrogens is 2. The first-order valence-corrected chi connectivity index (χ1v) is 12.3. The highest BCUT2D eigenvalue weighted by Crippen LogP contribution is 2.29. The lowest BCUT2D eigenvalue weighted by molar-refractivity contribution is 0.0945. The molecule has 0 saturated carbocycles. The van der Waals surface area contributed by atoms with Gasteiger partial charge in [0.1, 0.15) is 12.4 Å². The van der Waals surface area contributed by atoms with E-state index >= 15 is 0 Å². The molecule has 188 valence electrons. The van der Waals surface area contributed by atoms with Crippen LogP contribution in [0.2, 0.25) is 0 Å². The van der Waals surface area contributed by atoms with E-state index in [-0.39, 0.29) is 5.91 Å². The molecule has 0 spiro atoms. The number of carbonyl (C=O) groups is 1. The summed E-state index contributed by atoms with van der Waals surface area (Å²) in [6.45, 7) is 1.99. The van der Waals surface area contributed by atoms with Gasteiger partial charge in [-0.3, -0.25) is 4.79 Å². The molecule has 37 heavy (non-hydrogen) atoms. The molecule has 8 nitrogen and oxygen atoms in total. The number of benzene rings is 3. The molecule has 3 aromatic carbocycles. The van der Waals surface area contributed by atoms with Gasteiger partial charge >= 0.3 is 0 Å². The van der Waals surface area contributed by atoms with Gasteiger partial charge in [0.25, 0.3) is 5.91 Å². The predicted octanol–water partition coefficient (Wildman–Crippen LogP) is 5.09. The van der Waals surface area contributed by atoms with E-state index in [4.69, 9.17) is 15.2 Å². The number of rotatable bonds is 3. The van der Waals surface area contributed by atoms with E-state index in [1.165, 1.54) is 0 Å². The van der Waals surface area contributed by atoms with Crippen molar-refractivity contribution < 1.29 is 14.3 Å². The number of nitrogens with zero attached hydrogens (tertiary/aromatic N) is 2. The molecule has 4 aromatic rings. The second-order valence-electron chi connectivity index (χ2n) is 8.80. The summed E-state index contributed by atoms with van der Waals surface area (Å²) < 4.78 is 12.1. The Bertz CT molecular complexity index is 1380. The van der Waals surface area contributed by atoms with E-state index in [0.717, 1.165) is 41.0 Å². The maximum Gasteiger partial charge on any atom is 0.251 e. The number of hydrogen-bond donors (Lipinski definition) is 3. The zero-order valence-electron chi connectivity index (χ0n) is 20.4. The van der Waals surface area contributed by atoms with E-state index in [0.29, 0.717) is 49.3 Å². The molecule has 3 heterocycles. The van der Waals surface area contributed by atoms with Gasteiger partial charge in [-0.2, -0.15) is 0 Å². The molecule has 0 radical (unpaired) electrons. The summed E-state index contributed by atoms with van der Waals surface area (Å²) in [7, 11) is 0. The van der Waals surface area contributed by atoms with Crippen LogP contribution in [0.1, 0.15) is 34.3 Å². The first kappa shape index (κ1) is 24.3. The quantitative estimate of drug-likeness (QED) is 0.340. The smallest absolute Gasteiger partial charge is 0.251 e. The maximum atomic E-state index is 12.5. The number of amides is 1. The van der Waals surface area contributed by atoms with Crippen molar-refractivity contribution >= 4 is 23.2 Å². The Morgan fingerprint density at radius 1 is 1.00 bits per heavy atom. The van der Waals surface area contributed by atoms with Crippen molar-refractivity contribution in [2.24, 2.45) is 0 Å². The summed E-state index contributed by atoms with van der Waals surface area (Å²) in [5.74, 6) is 1.04. The van der Waals surface area contributed by atoms with Gasteiger partial charge in [0.15, 0.2) is 0 Å². The highest BCUT2D eigenvalue weighted by molar-refractivity contribution is 5.96. The minimum absolute atomic E-state index is 0.154. The Balaban J connectivity index is 1.43. The molecule has 2 aliphatic heterocycles. The Labute approximate surface area is 215 Å². The molecular weight excluding hydrogens is 466 g/mol. The van der Waals surface area contributed by atoms with Crippen LogP contribution in [0.4, 0.5) is 17.3 Å². The Morgan fingerprint density at radius 3 is 2.76 bits per heavy atom. The van der Waals surface area contributed by atoms with E-state index in [1.54, 1.807) is 24.4 Å². The van der Waals surface area contributed by atoms with Crippen LogP contribution < -0.4 is 21.1 Å². The summed E-state index contributed by atoms with van der Waals surface area (Å²) in [6.07, 6.45) is 3.30. The zero-order chi connectivity index (χ0) is 25.5. The molecule has 6 bridgehead atoms. The fourth-order valence-corrected chi connectivity index (χ4v) is 4.10. The van der Waals surface area contributed by atoms with Gasteiger partial charge in [0, 0.05) is 47.4 Å². The second-order valence-corrected chi connectivity index (χ2v) is 8.80. The third kappa shape index (κ3) is 6.23. The fourth-order valence-electron chi connectivity index (χ4n) is 4.10. The van der Waals surface area contributed by atoms with E-state index in [1.807, 2.05) is 54.6 Å². The highest BCUT2D eigenvalue weighted by atomic mass is 16.5. The third-order valence-corrected chi connectivity index (χ3v) is 6.06. The van der Waals surface area contributed by atoms with Gasteiger partial charge in [0.2, 0.25) is 5.95 Å². The van der Waals surface area contributed by atoms with Crippen molar-refractivity contribution in [3.05, 3.63) is 95.7 Å². The minimum Gasteiger partial charge on any atom is -0.489 e. The summed E-state index contributed by atoms with van der Waals surface area (Å²) >= 11 is 0. The summed E-state index contributed by atoms with van der Waals surface area (Å²) in [6, 6.07) is 22.9. The molecule has 2 aliphatic rings. The number of hydrogen-bond acceptors (Lipinski definition) is 7. The number of nitrogen functional groups attached to an aromatic ring is 1. The molecular formula is C29H29N5O3. The Hall–Kier alpha value is -4.43. The molecule has 0 fully saturated rings. The molecule has 4 N–H and O–H groups in total. The van der Waals surface area contributed by atoms with Crippen LogP contribution in [0.25, 0.3) is 11.3 Å². The third-order valence-electron chi connectivity index (χ3n) is 6.06. The molecule has 0 atom stereocenters. The number of carbonyl (C=O) groups excluding carboxylic acids is 1. The summed E-state index contributed by atoms with van der Waals surface area (Å²) in [5, 5.41) is 6.23. The van der Waals surface area contributed by atoms with Crippen molar-refractivity contribution in [1.82, 2.24) is 15.3 Å². The van der Waals surface area contributed by atoms with Crippen molar-refractivity contribution in [2.45, 2.75) is 26.1 Å². The Morgan fingerprint density at radius 2 is 1.89 bits per heavy atom. The lowest BCUT2D eigenvalue weighted by atomic mass is 10.1. The first-order chi connectivity index (χ1) is 18.2. The topological polar surface area (TPSA) is 111 Å². The van der Waals surface area contributed by atoms with Crippen LogP contribution in [0, 0.1) is 0 Å². The average Bonchev–Trinajstić information content (AvgIpc) is 2.92. The molecule has 0 saturated heterocycles. The minimum atomic E-state index is -0.154. The van der Waals surface area contributed by atoms with Crippen molar-refractivity contribution in [3.63, 3.8) is 0 Å². The first-order valence-electron chi connectivity index (χ1n) is 12.3. The van der Waals surface area contributed by atoms with Crippen LogP contribution in [-0.4, -0.2) is 29.0 Å². The normalized spacial score (nSPS) is 14.0. The molecule has 1 aromatic heterocycles. The van der Waals surface area contributed by atoms with Gasteiger partial charge < -0.3 is 25.8 Å². The van der Waals surface area contributed by atoms with Crippen molar-refractivity contribution in [3.8, 4) is 17.0 Å². The van der Waals surface area contributed by atoms with Crippen LogP contribution in [-0.2, 0) is 18.0 Å². The zero-order valence-corrected chi connectivity index (χ0v) is 20.4. The summed E-state index contributed by atoms with van der Waals surface area (Å²) in [5.41, 5.74) is 11.5. The monoisotopic (exact) mass is 495 g/mol. The molecule has 1 amide bonds.